The molecule has 5 heteroatoms. The number of aromatic carboxylic acids is 1. The minimum atomic E-state index is -1.01. The fraction of sp³-hybridized carbons (Fsp3) is 0. The largest absolute Gasteiger partial charge is 0.499 e. The second kappa shape index (κ2) is 3.18. The molecular formula is C9H6O3S2. The van der Waals surface area contributed by atoms with Crippen molar-refractivity contribution in [3.8, 4) is 5.06 Å². The summed E-state index contributed by atoms with van der Waals surface area (Å²) in [7, 11) is 0. The van der Waals surface area contributed by atoms with E-state index in [1.807, 2.05) is 0 Å². The van der Waals surface area contributed by atoms with Crippen LogP contribution < -0.4 is 0 Å². The molecule has 0 aliphatic rings. The minimum absolute atomic E-state index is 0.155. The molecule has 0 aliphatic heterocycles. The second-order valence-corrected chi connectivity index (χ2v) is 4.34. The highest BCUT2D eigenvalue weighted by atomic mass is 32.1. The number of carboxylic acid groups (broad SMARTS) is 1. The van der Waals surface area contributed by atoms with E-state index < -0.39 is 5.97 Å². The van der Waals surface area contributed by atoms with Crippen LogP contribution in [0.15, 0.2) is 23.1 Å². The summed E-state index contributed by atoms with van der Waals surface area (Å²) in [5, 5.41) is 19.0. The van der Waals surface area contributed by atoms with Gasteiger partial charge in [0.2, 0.25) is 0 Å². The van der Waals surface area contributed by atoms with Gasteiger partial charge in [0.15, 0.2) is 5.06 Å². The van der Waals surface area contributed by atoms with Gasteiger partial charge in [-0.1, -0.05) is 11.3 Å². The number of hydrogen-bond donors (Lipinski definition) is 3. The van der Waals surface area contributed by atoms with Crippen LogP contribution in [0.4, 0.5) is 0 Å². The van der Waals surface area contributed by atoms with E-state index in [-0.39, 0.29) is 10.6 Å². The third kappa shape index (κ3) is 1.44. The number of thiol groups is 1. The highest BCUT2D eigenvalue weighted by molar-refractivity contribution is 7.80. The van der Waals surface area contributed by atoms with Gasteiger partial charge in [0.25, 0.3) is 0 Å². The summed E-state index contributed by atoms with van der Waals surface area (Å²) in [5.41, 5.74) is 0.155. The van der Waals surface area contributed by atoms with E-state index in [9.17, 15) is 9.90 Å². The Morgan fingerprint density at radius 2 is 2.07 bits per heavy atom. The fourth-order valence-corrected chi connectivity index (χ4v) is 2.36. The molecule has 2 N–H and O–H groups in total. The van der Waals surface area contributed by atoms with E-state index in [0.717, 1.165) is 21.4 Å². The number of aromatic hydroxyl groups is 1. The van der Waals surface area contributed by atoms with Crippen molar-refractivity contribution in [3.05, 3.63) is 23.8 Å². The number of hydrogen-bond acceptors (Lipinski definition) is 4. The summed E-state index contributed by atoms with van der Waals surface area (Å²) >= 11 is 5.22. The predicted molar refractivity (Wildman–Crippen MR) is 57.7 cm³/mol. The van der Waals surface area contributed by atoms with Crippen LogP contribution in [0, 0.1) is 0 Å². The van der Waals surface area contributed by atoms with Crippen LogP contribution in [-0.4, -0.2) is 16.2 Å². The molecule has 0 bridgehead atoms. The first-order valence-corrected chi connectivity index (χ1v) is 5.03. The molecule has 2 rings (SSSR count). The van der Waals surface area contributed by atoms with Gasteiger partial charge < -0.3 is 10.2 Å². The molecule has 0 saturated carbocycles. The lowest BCUT2D eigenvalue weighted by Gasteiger charge is -1.98. The summed E-state index contributed by atoms with van der Waals surface area (Å²) in [5.74, 6) is -1.01. The molecule has 3 nitrogen and oxygen atoms in total. The van der Waals surface area contributed by atoms with Gasteiger partial charge in [0.1, 0.15) is 0 Å². The molecule has 0 amide bonds. The smallest absolute Gasteiger partial charge is 0.336 e. The molecule has 1 aromatic heterocycles. The van der Waals surface area contributed by atoms with Crippen molar-refractivity contribution in [2.75, 3.05) is 0 Å². The van der Waals surface area contributed by atoms with Gasteiger partial charge in [0, 0.05) is 9.60 Å². The van der Waals surface area contributed by atoms with Crippen LogP contribution in [0.3, 0.4) is 0 Å². The van der Waals surface area contributed by atoms with Crippen LogP contribution in [0.25, 0.3) is 10.1 Å². The Morgan fingerprint density at radius 1 is 1.36 bits per heavy atom. The van der Waals surface area contributed by atoms with Crippen molar-refractivity contribution in [2.45, 2.75) is 4.90 Å². The zero-order valence-electron chi connectivity index (χ0n) is 6.89. The summed E-state index contributed by atoms with van der Waals surface area (Å²) in [4.78, 5) is 11.2. The van der Waals surface area contributed by atoms with Crippen molar-refractivity contribution >= 4 is 40.0 Å². The average Bonchev–Trinajstić information content (AvgIpc) is 2.42. The Morgan fingerprint density at radius 3 is 2.71 bits per heavy atom. The van der Waals surface area contributed by atoms with E-state index in [2.05, 4.69) is 12.6 Å². The number of carbonyl (C=O) groups is 1. The quantitative estimate of drug-likeness (QED) is 0.655. The molecule has 0 radical (unpaired) electrons. The molecule has 72 valence electrons. The number of thiophene rings is 1. The lowest BCUT2D eigenvalue weighted by atomic mass is 10.2. The minimum Gasteiger partial charge on any atom is -0.499 e. The predicted octanol–water partition coefficient (Wildman–Crippen LogP) is 2.59. The average molecular weight is 226 g/mol. The van der Waals surface area contributed by atoms with Crippen molar-refractivity contribution in [1.29, 1.82) is 0 Å². The first kappa shape index (κ1) is 9.36. The molecular weight excluding hydrogens is 220 g/mol. The summed E-state index contributed by atoms with van der Waals surface area (Å²) < 4.78 is 0.748. The maximum atomic E-state index is 10.8. The van der Waals surface area contributed by atoms with Gasteiger partial charge in [0.05, 0.1) is 5.56 Å². The Balaban J connectivity index is 2.76. The van der Waals surface area contributed by atoms with E-state index in [0.29, 0.717) is 4.90 Å². The number of benzene rings is 1. The third-order valence-corrected chi connectivity index (χ3v) is 3.12. The molecule has 0 saturated heterocycles. The molecule has 14 heavy (non-hydrogen) atoms. The zero-order chi connectivity index (χ0) is 10.3. The molecule has 0 fully saturated rings. The van der Waals surface area contributed by atoms with Crippen molar-refractivity contribution in [2.24, 2.45) is 0 Å². The standard InChI is InChI=1S/C9H6O3S2/c10-8-2-4-1-6(13)5(9(11)12)3-7(4)14-8/h1-3,10,13H,(H,11,12). The Bertz CT molecular complexity index is 516. The van der Waals surface area contributed by atoms with Gasteiger partial charge in [-0.05, 0) is 23.6 Å². The van der Waals surface area contributed by atoms with Crippen LogP contribution in [0.5, 0.6) is 5.06 Å². The Hall–Kier alpha value is -1.20. The SMILES string of the molecule is O=C(O)c1cc2sc(O)cc2cc1S. The number of carboxylic acids is 1. The fourth-order valence-electron chi connectivity index (χ4n) is 1.23. The van der Waals surface area contributed by atoms with Crippen LogP contribution >= 0.6 is 24.0 Å². The molecule has 0 unspecified atom stereocenters. The molecule has 0 atom stereocenters. The van der Waals surface area contributed by atoms with Crippen molar-refractivity contribution < 1.29 is 15.0 Å². The van der Waals surface area contributed by atoms with Gasteiger partial charge in [-0.3, -0.25) is 0 Å². The Kier molecular flexibility index (Phi) is 2.13. The van der Waals surface area contributed by atoms with E-state index in [4.69, 9.17) is 5.11 Å². The second-order valence-electron chi connectivity index (χ2n) is 2.80. The summed E-state index contributed by atoms with van der Waals surface area (Å²) in [6.07, 6.45) is 0. The topological polar surface area (TPSA) is 57.5 Å². The van der Waals surface area contributed by atoms with Crippen LogP contribution in [-0.2, 0) is 0 Å². The van der Waals surface area contributed by atoms with E-state index in [1.165, 1.54) is 6.07 Å². The normalized spacial score (nSPS) is 10.6. The van der Waals surface area contributed by atoms with Crippen LogP contribution in [0.2, 0.25) is 0 Å². The summed E-state index contributed by atoms with van der Waals surface area (Å²) in [6.45, 7) is 0. The number of fused-ring (bicyclic) bond motifs is 1. The highest BCUT2D eigenvalue weighted by Gasteiger charge is 2.10. The molecule has 1 heterocycles. The molecule has 0 aliphatic carbocycles. The maximum Gasteiger partial charge on any atom is 0.336 e. The first-order chi connectivity index (χ1) is 6.58. The van der Waals surface area contributed by atoms with E-state index >= 15 is 0 Å². The van der Waals surface area contributed by atoms with Crippen molar-refractivity contribution in [3.63, 3.8) is 0 Å². The maximum absolute atomic E-state index is 10.8. The first-order valence-electron chi connectivity index (χ1n) is 3.77. The third-order valence-electron chi connectivity index (χ3n) is 1.85. The lowest BCUT2D eigenvalue weighted by Crippen LogP contribution is -1.96. The number of rotatable bonds is 1. The Labute approximate surface area is 89.0 Å². The summed E-state index contributed by atoms with van der Waals surface area (Å²) in [6, 6.07) is 4.74. The van der Waals surface area contributed by atoms with E-state index in [1.54, 1.807) is 12.1 Å². The van der Waals surface area contributed by atoms with Gasteiger partial charge in [-0.2, -0.15) is 0 Å². The highest BCUT2D eigenvalue weighted by Crippen LogP contribution is 2.33. The van der Waals surface area contributed by atoms with Gasteiger partial charge in [-0.15, -0.1) is 12.6 Å². The zero-order valence-corrected chi connectivity index (χ0v) is 8.60. The van der Waals surface area contributed by atoms with Gasteiger partial charge in [-0.25, -0.2) is 4.79 Å². The monoisotopic (exact) mass is 226 g/mol. The molecule has 1 aromatic carbocycles. The van der Waals surface area contributed by atoms with Gasteiger partial charge >= 0.3 is 5.97 Å². The molecule has 2 aromatic rings. The van der Waals surface area contributed by atoms with Crippen molar-refractivity contribution in [1.82, 2.24) is 0 Å². The van der Waals surface area contributed by atoms with Crippen LogP contribution in [0.1, 0.15) is 10.4 Å². The molecule has 0 spiro atoms. The lowest BCUT2D eigenvalue weighted by molar-refractivity contribution is 0.0693.